The van der Waals surface area contributed by atoms with E-state index in [0.717, 1.165) is 0 Å². The molecule has 0 radical (unpaired) electrons. The lowest BCUT2D eigenvalue weighted by molar-refractivity contribution is -0.142. The fourth-order valence-electron chi connectivity index (χ4n) is 2.26. The Hall–Kier alpha value is -3.40. The molecule has 0 aliphatic rings. The largest absolute Gasteiger partial charge is 0.481 e. The van der Waals surface area contributed by atoms with Gasteiger partial charge in [-0.2, -0.15) is 12.6 Å². The van der Waals surface area contributed by atoms with Gasteiger partial charge in [0.05, 0.1) is 18.9 Å². The highest BCUT2D eigenvalue weighted by Gasteiger charge is 2.31. The predicted octanol–water partition coefficient (Wildman–Crippen LogP) is -4.60. The second-order valence-corrected chi connectivity index (χ2v) is 6.95. The van der Waals surface area contributed by atoms with Crippen LogP contribution in [0.4, 0.5) is 0 Å². The van der Waals surface area contributed by atoms with Crippen molar-refractivity contribution in [2.75, 3.05) is 5.75 Å². The van der Waals surface area contributed by atoms with Crippen LogP contribution >= 0.6 is 12.6 Å². The van der Waals surface area contributed by atoms with Crippen molar-refractivity contribution in [1.82, 2.24) is 16.0 Å². The van der Waals surface area contributed by atoms with Gasteiger partial charge in [0.1, 0.15) is 18.1 Å². The standard InChI is InChI=1S/C16H26N6O9S/c17-6(3-12(25)26)13(27)21-8(4-11(19)24)15(29)20-7(1-2-10(18)23)14(28)22-9(5-32)16(30)31/h6-9,32H,1-5,17H2,(H2,18,23)(H2,19,24)(H,20,29)(H,21,27)(H,22,28)(H,25,26)(H,30,31). The van der Waals surface area contributed by atoms with Crippen molar-refractivity contribution in [2.24, 2.45) is 17.2 Å². The second kappa shape index (κ2) is 13.8. The highest BCUT2D eigenvalue weighted by Crippen LogP contribution is 2.03. The van der Waals surface area contributed by atoms with Crippen LogP contribution in [0.15, 0.2) is 0 Å². The van der Waals surface area contributed by atoms with Gasteiger partial charge in [-0.25, -0.2) is 4.79 Å². The van der Waals surface area contributed by atoms with Crippen molar-refractivity contribution in [2.45, 2.75) is 49.9 Å². The van der Waals surface area contributed by atoms with E-state index in [0.29, 0.717) is 0 Å². The quantitative estimate of drug-likeness (QED) is 0.102. The molecule has 16 heteroatoms. The van der Waals surface area contributed by atoms with Crippen LogP contribution < -0.4 is 33.2 Å². The van der Waals surface area contributed by atoms with Gasteiger partial charge in [0, 0.05) is 12.2 Å². The van der Waals surface area contributed by atoms with Gasteiger partial charge in [0.15, 0.2) is 0 Å². The molecule has 32 heavy (non-hydrogen) atoms. The molecule has 180 valence electrons. The maximum absolute atomic E-state index is 12.6. The molecule has 11 N–H and O–H groups in total. The Morgan fingerprint density at radius 3 is 1.69 bits per heavy atom. The number of amides is 5. The van der Waals surface area contributed by atoms with Gasteiger partial charge in [0.2, 0.25) is 29.5 Å². The third-order valence-corrected chi connectivity index (χ3v) is 4.24. The van der Waals surface area contributed by atoms with Crippen LogP contribution in [-0.2, 0) is 33.6 Å². The van der Waals surface area contributed by atoms with Gasteiger partial charge in [-0.1, -0.05) is 0 Å². The minimum Gasteiger partial charge on any atom is -0.481 e. The molecule has 0 bridgehead atoms. The lowest BCUT2D eigenvalue weighted by Crippen LogP contribution is -2.58. The number of carboxylic acid groups (broad SMARTS) is 2. The summed E-state index contributed by atoms with van der Waals surface area (Å²) in [6.07, 6.45) is -2.19. The number of aliphatic carboxylic acids is 2. The molecule has 4 unspecified atom stereocenters. The van der Waals surface area contributed by atoms with Gasteiger partial charge in [-0.3, -0.25) is 28.8 Å². The summed E-state index contributed by atoms with van der Waals surface area (Å²) in [6, 6.07) is -6.06. The topological polar surface area (TPSA) is 274 Å². The number of carbonyl (C=O) groups excluding carboxylic acids is 5. The van der Waals surface area contributed by atoms with Crippen LogP contribution in [0.1, 0.15) is 25.7 Å². The Morgan fingerprint density at radius 2 is 1.25 bits per heavy atom. The molecule has 0 aliphatic carbocycles. The first kappa shape index (κ1) is 28.6. The lowest BCUT2D eigenvalue weighted by Gasteiger charge is -2.24. The zero-order chi connectivity index (χ0) is 25.0. The molecule has 0 aromatic rings. The molecule has 0 saturated carbocycles. The molecule has 0 aromatic carbocycles. The van der Waals surface area contributed by atoms with Crippen LogP contribution in [0.3, 0.4) is 0 Å². The molecule has 5 amide bonds. The van der Waals surface area contributed by atoms with Gasteiger partial charge in [-0.15, -0.1) is 0 Å². The molecule has 0 aromatic heterocycles. The number of primary amides is 2. The SMILES string of the molecule is NC(=O)CCC(NC(=O)C(CC(N)=O)NC(=O)C(N)CC(=O)O)C(=O)NC(CS)C(=O)O. The summed E-state index contributed by atoms with van der Waals surface area (Å²) in [7, 11) is 0. The van der Waals surface area contributed by atoms with Crippen molar-refractivity contribution >= 4 is 54.1 Å². The number of rotatable bonds is 15. The molecular weight excluding hydrogens is 452 g/mol. The Morgan fingerprint density at radius 1 is 0.750 bits per heavy atom. The molecule has 0 rings (SSSR count). The summed E-state index contributed by atoms with van der Waals surface area (Å²) in [5.74, 6) is -8.07. The number of carboxylic acids is 2. The Kier molecular flexibility index (Phi) is 12.3. The Balaban J connectivity index is 5.51. The van der Waals surface area contributed by atoms with Crippen LogP contribution in [0, 0.1) is 0 Å². The number of hydrogen-bond donors (Lipinski definition) is 9. The first-order chi connectivity index (χ1) is 14.8. The van der Waals surface area contributed by atoms with E-state index in [1.807, 2.05) is 0 Å². The number of carbonyl (C=O) groups is 7. The van der Waals surface area contributed by atoms with Crippen LogP contribution in [0.5, 0.6) is 0 Å². The molecular formula is C16H26N6O9S. The highest BCUT2D eigenvalue weighted by molar-refractivity contribution is 7.80. The van der Waals surface area contributed by atoms with Crippen LogP contribution in [-0.4, -0.2) is 81.6 Å². The number of hydrogen-bond acceptors (Lipinski definition) is 9. The second-order valence-electron chi connectivity index (χ2n) is 6.58. The molecule has 4 atom stereocenters. The maximum atomic E-state index is 12.6. The maximum Gasteiger partial charge on any atom is 0.327 e. The highest BCUT2D eigenvalue weighted by atomic mass is 32.1. The Labute approximate surface area is 187 Å². The smallest absolute Gasteiger partial charge is 0.327 e. The number of nitrogens with one attached hydrogen (secondary N) is 3. The van der Waals surface area contributed by atoms with Gasteiger partial charge in [0.25, 0.3) is 0 Å². The Bertz CT molecular complexity index is 762. The van der Waals surface area contributed by atoms with E-state index in [9.17, 15) is 33.6 Å². The normalized spacial score (nSPS) is 14.2. The predicted molar refractivity (Wildman–Crippen MR) is 110 cm³/mol. The van der Waals surface area contributed by atoms with E-state index in [4.69, 9.17) is 27.4 Å². The first-order valence-electron chi connectivity index (χ1n) is 9.07. The zero-order valence-corrected chi connectivity index (χ0v) is 17.7. The summed E-state index contributed by atoms with van der Waals surface area (Å²) in [5.41, 5.74) is 15.5. The summed E-state index contributed by atoms with van der Waals surface area (Å²) in [4.78, 5) is 81.2. The van der Waals surface area contributed by atoms with Crippen LogP contribution in [0.2, 0.25) is 0 Å². The van der Waals surface area contributed by atoms with E-state index in [-0.39, 0.29) is 18.6 Å². The lowest BCUT2D eigenvalue weighted by atomic mass is 10.1. The third-order valence-electron chi connectivity index (χ3n) is 3.88. The molecule has 0 fully saturated rings. The monoisotopic (exact) mass is 478 g/mol. The molecule has 0 aliphatic heterocycles. The summed E-state index contributed by atoms with van der Waals surface area (Å²) >= 11 is 3.79. The first-order valence-corrected chi connectivity index (χ1v) is 9.70. The fourth-order valence-corrected chi connectivity index (χ4v) is 2.50. The van der Waals surface area contributed by atoms with Crippen molar-refractivity contribution in [3.8, 4) is 0 Å². The molecule has 0 heterocycles. The molecule has 15 nitrogen and oxygen atoms in total. The van der Waals surface area contributed by atoms with Gasteiger partial charge in [-0.05, 0) is 6.42 Å². The fraction of sp³-hybridized carbons (Fsp3) is 0.562. The summed E-state index contributed by atoms with van der Waals surface area (Å²) in [5, 5.41) is 24.1. The number of thiol groups is 1. The molecule has 0 saturated heterocycles. The van der Waals surface area contributed by atoms with E-state index < -0.39 is 78.5 Å². The average Bonchev–Trinajstić information content (AvgIpc) is 2.66. The van der Waals surface area contributed by atoms with Gasteiger partial charge >= 0.3 is 11.9 Å². The van der Waals surface area contributed by atoms with E-state index in [1.165, 1.54) is 0 Å². The minimum absolute atomic E-state index is 0.278. The number of nitrogens with two attached hydrogens (primary N) is 3. The van der Waals surface area contributed by atoms with Crippen LogP contribution in [0.25, 0.3) is 0 Å². The van der Waals surface area contributed by atoms with Gasteiger partial charge < -0.3 is 43.4 Å². The van der Waals surface area contributed by atoms with E-state index >= 15 is 0 Å². The minimum atomic E-state index is -1.64. The average molecular weight is 478 g/mol. The summed E-state index contributed by atoms with van der Waals surface area (Å²) < 4.78 is 0. The third kappa shape index (κ3) is 11.1. The van der Waals surface area contributed by atoms with E-state index in [2.05, 4.69) is 28.6 Å². The van der Waals surface area contributed by atoms with Crippen molar-refractivity contribution < 1.29 is 43.8 Å². The zero-order valence-electron chi connectivity index (χ0n) is 16.8. The van der Waals surface area contributed by atoms with E-state index in [1.54, 1.807) is 0 Å². The van der Waals surface area contributed by atoms with Crippen molar-refractivity contribution in [3.63, 3.8) is 0 Å². The van der Waals surface area contributed by atoms with Crippen molar-refractivity contribution in [3.05, 3.63) is 0 Å². The summed E-state index contributed by atoms with van der Waals surface area (Å²) in [6.45, 7) is 0. The molecule has 0 spiro atoms. The van der Waals surface area contributed by atoms with Crippen molar-refractivity contribution in [1.29, 1.82) is 0 Å².